The molecule has 7 nitrogen and oxygen atoms in total. The van der Waals surface area contributed by atoms with Crippen molar-refractivity contribution in [2.45, 2.75) is 12.5 Å². The van der Waals surface area contributed by atoms with E-state index >= 15 is 0 Å². The van der Waals surface area contributed by atoms with E-state index in [1.54, 1.807) is 55.9 Å². The molecule has 0 bridgehead atoms. The smallest absolute Gasteiger partial charge is 0.290 e. The normalized spacial score (nSPS) is 16.7. The molecular weight excluding hydrogens is 408 g/mol. The molecule has 0 spiro atoms. The molecule has 0 saturated carbocycles. The topological polar surface area (TPSA) is 92.9 Å². The third kappa shape index (κ3) is 3.58. The monoisotopic (exact) mass is 426 g/mol. The maximum Gasteiger partial charge on any atom is 0.290 e. The predicted octanol–water partition coefficient (Wildman–Crippen LogP) is 4.10. The highest BCUT2D eigenvalue weighted by Crippen LogP contribution is 2.39. The first-order valence-corrected chi connectivity index (χ1v) is 9.76. The molecule has 1 aromatic carbocycles. The summed E-state index contributed by atoms with van der Waals surface area (Å²) in [7, 11) is 1.57. The van der Waals surface area contributed by atoms with Crippen LogP contribution in [0.25, 0.3) is 11.0 Å². The number of pyridine rings is 1. The van der Waals surface area contributed by atoms with Crippen LogP contribution >= 0.6 is 11.6 Å². The fraction of sp³-hybridized carbons (Fsp3) is 0.227. The zero-order valence-electron chi connectivity index (χ0n) is 16.2. The molecule has 30 heavy (non-hydrogen) atoms. The Balaban J connectivity index is 1.76. The first-order valence-electron chi connectivity index (χ1n) is 9.38. The van der Waals surface area contributed by atoms with Crippen LogP contribution in [0.15, 0.2) is 64.5 Å². The summed E-state index contributed by atoms with van der Waals surface area (Å²) in [5, 5.41) is 11.8. The lowest BCUT2D eigenvalue weighted by atomic mass is 9.96. The van der Waals surface area contributed by atoms with Crippen molar-refractivity contribution >= 4 is 34.3 Å². The Hall–Kier alpha value is -3.16. The van der Waals surface area contributed by atoms with Crippen LogP contribution in [-0.2, 0) is 9.53 Å². The number of carbonyl (C=O) groups is 2. The molecule has 1 aliphatic heterocycles. The SMILES string of the molecule is COCCCN1C(=O)C(O)=C(C(=O)c2cc3cc(Cl)ccc3o2)C1c1cccnc1. The van der Waals surface area contributed by atoms with Crippen LogP contribution in [-0.4, -0.2) is 46.9 Å². The van der Waals surface area contributed by atoms with Gasteiger partial charge in [-0.05, 0) is 42.3 Å². The van der Waals surface area contributed by atoms with Crippen LogP contribution in [0.3, 0.4) is 0 Å². The van der Waals surface area contributed by atoms with Gasteiger partial charge in [0.25, 0.3) is 5.91 Å². The quantitative estimate of drug-likeness (QED) is 0.451. The minimum Gasteiger partial charge on any atom is -0.503 e. The van der Waals surface area contributed by atoms with Crippen LogP contribution in [0.2, 0.25) is 5.02 Å². The van der Waals surface area contributed by atoms with E-state index in [2.05, 4.69) is 4.98 Å². The van der Waals surface area contributed by atoms with Crippen molar-refractivity contribution in [1.82, 2.24) is 9.88 Å². The molecule has 0 radical (unpaired) electrons. The van der Waals surface area contributed by atoms with E-state index in [1.807, 2.05) is 0 Å². The summed E-state index contributed by atoms with van der Waals surface area (Å²) in [4.78, 5) is 31.7. The number of aromatic nitrogens is 1. The van der Waals surface area contributed by atoms with Gasteiger partial charge >= 0.3 is 0 Å². The van der Waals surface area contributed by atoms with Gasteiger partial charge in [0.15, 0.2) is 11.5 Å². The maximum atomic E-state index is 13.3. The van der Waals surface area contributed by atoms with Gasteiger partial charge in [-0.2, -0.15) is 0 Å². The van der Waals surface area contributed by atoms with Gasteiger partial charge in [-0.25, -0.2) is 0 Å². The van der Waals surface area contributed by atoms with Crippen molar-refractivity contribution in [3.63, 3.8) is 0 Å². The molecule has 0 fully saturated rings. The number of methoxy groups -OCH3 is 1. The number of hydrogen-bond acceptors (Lipinski definition) is 6. The Morgan fingerprint density at radius 3 is 2.90 bits per heavy atom. The van der Waals surface area contributed by atoms with Crippen molar-refractivity contribution in [1.29, 1.82) is 0 Å². The minimum atomic E-state index is -0.771. The lowest BCUT2D eigenvalue weighted by Crippen LogP contribution is -2.32. The van der Waals surface area contributed by atoms with Gasteiger partial charge in [-0.3, -0.25) is 14.6 Å². The van der Waals surface area contributed by atoms with Crippen molar-refractivity contribution < 1.29 is 23.8 Å². The zero-order chi connectivity index (χ0) is 21.3. The number of halogens is 1. The number of carbonyl (C=O) groups excluding carboxylic acids is 2. The lowest BCUT2D eigenvalue weighted by molar-refractivity contribution is -0.129. The van der Waals surface area contributed by atoms with Crippen molar-refractivity contribution in [3.05, 3.63) is 76.5 Å². The Kier molecular flexibility index (Phi) is 5.57. The number of hydrogen-bond donors (Lipinski definition) is 1. The summed E-state index contributed by atoms with van der Waals surface area (Å²) in [6.45, 7) is 0.751. The highest BCUT2D eigenvalue weighted by molar-refractivity contribution is 6.31. The average Bonchev–Trinajstić information content (AvgIpc) is 3.28. The van der Waals surface area contributed by atoms with E-state index in [0.717, 1.165) is 0 Å². The highest BCUT2D eigenvalue weighted by Gasteiger charge is 2.44. The van der Waals surface area contributed by atoms with Crippen molar-refractivity contribution in [2.24, 2.45) is 0 Å². The van der Waals surface area contributed by atoms with Crippen LogP contribution in [0.4, 0.5) is 0 Å². The molecular formula is C22H19ClN2O5. The molecule has 2 aromatic heterocycles. The number of ether oxygens (including phenoxy) is 1. The van der Waals surface area contributed by atoms with Gasteiger partial charge in [-0.1, -0.05) is 17.7 Å². The molecule has 0 saturated heterocycles. The number of ketones is 1. The standard InChI is InChI=1S/C22H19ClN2O5/c1-29-9-3-8-25-19(13-4-2-7-24-12-13)18(21(27)22(25)28)20(26)17-11-14-10-15(23)5-6-16(14)30-17/h2,4-7,10-12,19,27H,3,8-9H2,1H3. The number of rotatable bonds is 7. The molecule has 1 N–H and O–H groups in total. The molecule has 1 atom stereocenters. The lowest BCUT2D eigenvalue weighted by Gasteiger charge is -2.26. The first-order chi connectivity index (χ1) is 14.5. The van der Waals surface area contributed by atoms with Gasteiger partial charge in [-0.15, -0.1) is 0 Å². The van der Waals surface area contributed by atoms with Gasteiger partial charge in [0.1, 0.15) is 5.58 Å². The molecule has 4 rings (SSSR count). The number of aliphatic hydroxyl groups excluding tert-OH is 1. The number of amides is 1. The highest BCUT2D eigenvalue weighted by atomic mass is 35.5. The summed E-state index contributed by atoms with van der Waals surface area (Å²) < 4.78 is 10.8. The molecule has 154 valence electrons. The van der Waals surface area contributed by atoms with Crippen LogP contribution in [0.5, 0.6) is 0 Å². The molecule has 0 aliphatic carbocycles. The van der Waals surface area contributed by atoms with E-state index in [1.165, 1.54) is 4.90 Å². The fourth-order valence-electron chi connectivity index (χ4n) is 3.64. The molecule has 3 aromatic rings. The van der Waals surface area contributed by atoms with E-state index < -0.39 is 23.5 Å². The zero-order valence-corrected chi connectivity index (χ0v) is 16.9. The molecule has 1 unspecified atom stereocenters. The molecule has 1 aliphatic rings. The Bertz CT molecular complexity index is 1140. The van der Waals surface area contributed by atoms with E-state index in [0.29, 0.717) is 41.1 Å². The second kappa shape index (κ2) is 8.30. The van der Waals surface area contributed by atoms with Crippen LogP contribution < -0.4 is 0 Å². The van der Waals surface area contributed by atoms with E-state index in [-0.39, 0.29) is 11.3 Å². The third-order valence-electron chi connectivity index (χ3n) is 5.00. The largest absolute Gasteiger partial charge is 0.503 e. The van der Waals surface area contributed by atoms with Crippen LogP contribution in [0, 0.1) is 0 Å². The van der Waals surface area contributed by atoms with E-state index in [4.69, 9.17) is 20.8 Å². The third-order valence-corrected chi connectivity index (χ3v) is 5.23. The van der Waals surface area contributed by atoms with Crippen LogP contribution in [0.1, 0.15) is 28.6 Å². The van der Waals surface area contributed by atoms with Gasteiger partial charge < -0.3 is 19.2 Å². The Labute approximate surface area is 177 Å². The number of benzene rings is 1. The van der Waals surface area contributed by atoms with Gasteiger partial charge in [0, 0.05) is 43.1 Å². The van der Waals surface area contributed by atoms with Gasteiger partial charge in [0.2, 0.25) is 5.78 Å². The first kappa shape index (κ1) is 20.1. The summed E-state index contributed by atoms with van der Waals surface area (Å²) in [6, 6.07) is 9.27. The summed E-state index contributed by atoms with van der Waals surface area (Å²) in [5.74, 6) is -1.72. The maximum absolute atomic E-state index is 13.3. The predicted molar refractivity (Wildman–Crippen MR) is 110 cm³/mol. The van der Waals surface area contributed by atoms with E-state index in [9.17, 15) is 14.7 Å². The number of nitrogens with zero attached hydrogens (tertiary/aromatic N) is 2. The summed E-state index contributed by atoms with van der Waals surface area (Å²) >= 11 is 6.02. The minimum absolute atomic E-state index is 0.0225. The Morgan fingerprint density at radius 1 is 1.33 bits per heavy atom. The van der Waals surface area contributed by atoms with Crippen molar-refractivity contribution in [2.75, 3.05) is 20.3 Å². The summed E-state index contributed by atoms with van der Waals surface area (Å²) in [5.41, 5.74) is 1.08. The fourth-order valence-corrected chi connectivity index (χ4v) is 3.82. The average molecular weight is 427 g/mol. The number of aliphatic hydroxyl groups is 1. The summed E-state index contributed by atoms with van der Waals surface area (Å²) in [6.07, 6.45) is 3.73. The van der Waals surface area contributed by atoms with Crippen molar-refractivity contribution in [3.8, 4) is 0 Å². The Morgan fingerprint density at radius 2 is 2.17 bits per heavy atom. The second-order valence-electron chi connectivity index (χ2n) is 6.92. The number of furan rings is 1. The molecule has 8 heteroatoms. The van der Waals surface area contributed by atoms with Gasteiger partial charge in [0.05, 0.1) is 11.6 Å². The molecule has 3 heterocycles. The number of Topliss-reactive ketones (excluding diaryl/α,β-unsaturated/α-hetero) is 1. The molecule has 1 amide bonds. The second-order valence-corrected chi connectivity index (χ2v) is 7.35. The number of fused-ring (bicyclic) bond motifs is 1.